The average molecular weight is 160 g/mol. The summed E-state index contributed by atoms with van der Waals surface area (Å²) in [6, 6.07) is 0. The first kappa shape index (κ1) is 9.49. The van der Waals surface area contributed by atoms with Crippen molar-refractivity contribution in [1.29, 1.82) is 0 Å². The van der Waals surface area contributed by atoms with Gasteiger partial charge in [-0.25, -0.2) is 5.43 Å². The van der Waals surface area contributed by atoms with Gasteiger partial charge in [-0.05, 0) is 5.75 Å². The van der Waals surface area contributed by atoms with Crippen LogP contribution in [0.2, 0.25) is 0 Å². The Morgan fingerprint density at radius 3 is 3.00 bits per heavy atom. The Kier molecular flexibility index (Phi) is 6.27. The maximum Gasteiger partial charge on any atom is 0.236 e. The molecule has 0 aromatic rings. The van der Waals surface area contributed by atoms with E-state index in [0.29, 0.717) is 0 Å². The highest BCUT2D eigenvalue weighted by Gasteiger charge is 1.82. The van der Waals surface area contributed by atoms with Crippen molar-refractivity contribution in [3.8, 4) is 0 Å². The molecule has 0 spiro atoms. The number of nitrogens with zero attached hydrogens (tertiary/aromatic N) is 1. The molecule has 3 nitrogen and oxygen atoms in total. The van der Waals surface area contributed by atoms with Gasteiger partial charge in [0.15, 0.2) is 0 Å². The van der Waals surface area contributed by atoms with Crippen LogP contribution in [0.4, 0.5) is 0 Å². The summed E-state index contributed by atoms with van der Waals surface area (Å²) >= 11 is 1.76. The molecular formula is C6H12N2OS. The van der Waals surface area contributed by atoms with Gasteiger partial charge in [-0.2, -0.15) is 16.9 Å². The number of hydrogen-bond donors (Lipinski definition) is 1. The highest BCUT2D eigenvalue weighted by atomic mass is 32.2. The Balaban J connectivity index is 3.12. The Morgan fingerprint density at radius 2 is 2.50 bits per heavy atom. The Labute approximate surface area is 65.3 Å². The fraction of sp³-hybridized carbons (Fsp3) is 0.667. The number of carbonyl (C=O) groups is 1. The molecule has 1 amide bonds. The van der Waals surface area contributed by atoms with Gasteiger partial charge in [0, 0.05) is 18.9 Å². The zero-order valence-corrected chi connectivity index (χ0v) is 7.07. The summed E-state index contributed by atoms with van der Waals surface area (Å²) in [5.74, 6) is 1.81. The van der Waals surface area contributed by atoms with E-state index in [-0.39, 0.29) is 5.91 Å². The Morgan fingerprint density at radius 1 is 1.80 bits per heavy atom. The molecule has 0 saturated heterocycles. The second-order valence-corrected chi connectivity index (χ2v) is 2.96. The van der Waals surface area contributed by atoms with E-state index in [2.05, 4.69) is 17.5 Å². The normalized spacial score (nSPS) is 10.2. The first-order chi connectivity index (χ1) is 4.77. The lowest BCUT2D eigenvalue weighted by atomic mass is 10.8. The minimum Gasteiger partial charge on any atom is -0.274 e. The number of hydrogen-bond acceptors (Lipinski definition) is 3. The molecule has 0 fully saturated rings. The minimum absolute atomic E-state index is 0.127. The van der Waals surface area contributed by atoms with Gasteiger partial charge in [0.05, 0.1) is 0 Å². The SMILES string of the molecule is CCSCC=NNC(C)=O. The van der Waals surface area contributed by atoms with Crippen LogP contribution in [-0.4, -0.2) is 23.6 Å². The Hall–Kier alpha value is -0.510. The molecule has 1 N–H and O–H groups in total. The summed E-state index contributed by atoms with van der Waals surface area (Å²) in [5, 5.41) is 3.66. The lowest BCUT2D eigenvalue weighted by Gasteiger charge is -1.90. The van der Waals surface area contributed by atoms with E-state index in [1.54, 1.807) is 18.0 Å². The molecular weight excluding hydrogens is 148 g/mol. The standard InChI is InChI=1S/C6H12N2OS/c1-3-10-5-4-7-8-6(2)9/h4H,3,5H2,1-2H3,(H,8,9). The third-order valence-corrected chi connectivity index (χ3v) is 1.50. The van der Waals surface area contributed by atoms with E-state index in [1.807, 2.05) is 0 Å². The van der Waals surface area contributed by atoms with Gasteiger partial charge >= 0.3 is 0 Å². The zero-order valence-electron chi connectivity index (χ0n) is 6.26. The molecule has 0 bridgehead atoms. The molecule has 0 unspecified atom stereocenters. The zero-order chi connectivity index (χ0) is 7.82. The van der Waals surface area contributed by atoms with Crippen LogP contribution in [0, 0.1) is 0 Å². The quantitative estimate of drug-likeness (QED) is 0.376. The molecule has 10 heavy (non-hydrogen) atoms. The largest absolute Gasteiger partial charge is 0.274 e. The fourth-order valence-corrected chi connectivity index (χ4v) is 0.760. The van der Waals surface area contributed by atoms with Crippen molar-refractivity contribution in [3.63, 3.8) is 0 Å². The van der Waals surface area contributed by atoms with Gasteiger partial charge in [-0.15, -0.1) is 0 Å². The summed E-state index contributed by atoms with van der Waals surface area (Å²) in [4.78, 5) is 10.2. The monoisotopic (exact) mass is 160 g/mol. The molecule has 0 atom stereocenters. The molecule has 0 aliphatic heterocycles. The first-order valence-electron chi connectivity index (χ1n) is 3.13. The summed E-state index contributed by atoms with van der Waals surface area (Å²) in [6.07, 6.45) is 1.69. The van der Waals surface area contributed by atoms with Crippen LogP contribution in [-0.2, 0) is 4.79 Å². The average Bonchev–Trinajstić information content (AvgIpc) is 1.87. The van der Waals surface area contributed by atoms with E-state index in [9.17, 15) is 4.79 Å². The van der Waals surface area contributed by atoms with Crippen LogP contribution in [0.1, 0.15) is 13.8 Å². The maximum atomic E-state index is 10.2. The number of amides is 1. The Bertz CT molecular complexity index is 125. The van der Waals surface area contributed by atoms with E-state index in [1.165, 1.54) is 6.92 Å². The molecule has 0 aromatic heterocycles. The highest BCUT2D eigenvalue weighted by molar-refractivity contribution is 7.99. The molecule has 0 aromatic carbocycles. The van der Waals surface area contributed by atoms with Crippen LogP contribution >= 0.6 is 11.8 Å². The lowest BCUT2D eigenvalue weighted by molar-refractivity contribution is -0.118. The molecule has 0 saturated carbocycles. The van der Waals surface area contributed by atoms with Gasteiger partial charge in [0.25, 0.3) is 0 Å². The summed E-state index contributed by atoms with van der Waals surface area (Å²) < 4.78 is 0. The van der Waals surface area contributed by atoms with Crippen molar-refractivity contribution < 1.29 is 4.79 Å². The van der Waals surface area contributed by atoms with Crippen LogP contribution in [0.25, 0.3) is 0 Å². The van der Waals surface area contributed by atoms with Crippen molar-refractivity contribution in [1.82, 2.24) is 5.43 Å². The van der Waals surface area contributed by atoms with Crippen molar-refractivity contribution in [3.05, 3.63) is 0 Å². The van der Waals surface area contributed by atoms with E-state index in [0.717, 1.165) is 11.5 Å². The third kappa shape index (κ3) is 7.49. The third-order valence-electron chi connectivity index (χ3n) is 0.710. The van der Waals surface area contributed by atoms with Gasteiger partial charge < -0.3 is 0 Å². The number of carbonyl (C=O) groups excluding carboxylic acids is 1. The van der Waals surface area contributed by atoms with E-state index in [4.69, 9.17) is 0 Å². The van der Waals surface area contributed by atoms with Gasteiger partial charge in [0.1, 0.15) is 0 Å². The topological polar surface area (TPSA) is 41.5 Å². The van der Waals surface area contributed by atoms with Gasteiger partial charge in [0.2, 0.25) is 5.91 Å². The summed E-state index contributed by atoms with van der Waals surface area (Å²) in [7, 11) is 0. The van der Waals surface area contributed by atoms with Crippen molar-refractivity contribution in [2.45, 2.75) is 13.8 Å². The molecule has 58 valence electrons. The smallest absolute Gasteiger partial charge is 0.236 e. The predicted octanol–water partition coefficient (Wildman–Crippen LogP) is 0.861. The van der Waals surface area contributed by atoms with Crippen molar-refractivity contribution >= 4 is 23.9 Å². The van der Waals surface area contributed by atoms with Crippen molar-refractivity contribution in [2.24, 2.45) is 5.10 Å². The number of thioether (sulfide) groups is 1. The van der Waals surface area contributed by atoms with Gasteiger partial charge in [-0.1, -0.05) is 6.92 Å². The molecule has 0 aliphatic rings. The molecule has 0 rings (SSSR count). The van der Waals surface area contributed by atoms with E-state index < -0.39 is 0 Å². The van der Waals surface area contributed by atoms with Crippen molar-refractivity contribution in [2.75, 3.05) is 11.5 Å². The number of hydrazone groups is 1. The number of rotatable bonds is 4. The second-order valence-electron chi connectivity index (χ2n) is 1.64. The minimum atomic E-state index is -0.127. The molecule has 4 heteroatoms. The van der Waals surface area contributed by atoms with Gasteiger partial charge in [-0.3, -0.25) is 4.79 Å². The molecule has 0 aliphatic carbocycles. The van der Waals surface area contributed by atoms with Crippen LogP contribution in [0.3, 0.4) is 0 Å². The lowest BCUT2D eigenvalue weighted by Crippen LogP contribution is -2.12. The van der Waals surface area contributed by atoms with Crippen LogP contribution in [0.5, 0.6) is 0 Å². The van der Waals surface area contributed by atoms with E-state index >= 15 is 0 Å². The van der Waals surface area contributed by atoms with Crippen LogP contribution < -0.4 is 5.43 Å². The number of nitrogens with one attached hydrogen (secondary N) is 1. The first-order valence-corrected chi connectivity index (χ1v) is 4.28. The highest BCUT2D eigenvalue weighted by Crippen LogP contribution is 1.93. The second kappa shape index (κ2) is 6.61. The summed E-state index contributed by atoms with van der Waals surface area (Å²) in [6.45, 7) is 3.52. The maximum absolute atomic E-state index is 10.2. The predicted molar refractivity (Wildman–Crippen MR) is 45.3 cm³/mol. The summed E-state index contributed by atoms with van der Waals surface area (Å²) in [5.41, 5.74) is 2.32. The van der Waals surface area contributed by atoms with Crippen LogP contribution in [0.15, 0.2) is 5.10 Å². The molecule has 0 heterocycles. The molecule has 0 radical (unpaired) electrons. The fourth-order valence-electron chi connectivity index (χ4n) is 0.344.